The Balaban J connectivity index is 0.00000242. The molecule has 7 heteroatoms. The quantitative estimate of drug-likeness (QED) is 0.774. The number of furan rings is 1. The Morgan fingerprint density at radius 2 is 2.18 bits per heavy atom. The number of carbonyl (C=O) groups excluding carboxylic acids is 2. The van der Waals surface area contributed by atoms with Gasteiger partial charge >= 0.3 is 0 Å². The van der Waals surface area contributed by atoms with Crippen LogP contribution in [0.5, 0.6) is 0 Å². The number of rotatable bonds is 6. The first-order valence-corrected chi connectivity index (χ1v) is 7.51. The molecule has 1 aliphatic heterocycles. The minimum Gasteiger partial charge on any atom is -0.459 e. The fourth-order valence-corrected chi connectivity index (χ4v) is 2.58. The zero-order valence-electron chi connectivity index (χ0n) is 12.8. The molecule has 1 aromatic heterocycles. The standard InChI is InChI=1S/C15H23N3O3.ClH/c1-16-8-5-9-17-14(19)12-6-2-3-10-18(12)15(20)13-7-4-11-21-13;/h4,7,11-12,16H,2-3,5-6,8-10H2,1H3,(H,17,19);1H. The SMILES string of the molecule is CNCCCNC(=O)C1CCCCN1C(=O)c1ccco1.Cl. The zero-order chi connectivity index (χ0) is 15.1. The Bertz CT molecular complexity index is 465. The predicted molar refractivity (Wildman–Crippen MR) is 86.2 cm³/mol. The van der Waals surface area contributed by atoms with Gasteiger partial charge in [-0.15, -0.1) is 12.4 Å². The third-order valence-electron chi connectivity index (χ3n) is 3.70. The molecular formula is C15H24ClN3O3. The largest absolute Gasteiger partial charge is 0.459 e. The Labute approximate surface area is 137 Å². The molecule has 1 saturated heterocycles. The number of halogens is 1. The highest BCUT2D eigenvalue weighted by Crippen LogP contribution is 2.20. The van der Waals surface area contributed by atoms with Crippen molar-refractivity contribution in [3.8, 4) is 0 Å². The van der Waals surface area contributed by atoms with E-state index < -0.39 is 0 Å². The van der Waals surface area contributed by atoms with Crippen molar-refractivity contribution in [3.05, 3.63) is 24.2 Å². The number of amides is 2. The minimum absolute atomic E-state index is 0. The summed E-state index contributed by atoms with van der Waals surface area (Å²) in [6, 6.07) is 2.94. The van der Waals surface area contributed by atoms with Gasteiger partial charge in [0.15, 0.2) is 5.76 Å². The number of hydrogen-bond acceptors (Lipinski definition) is 4. The average molecular weight is 330 g/mol. The molecule has 2 rings (SSSR count). The normalized spacial score (nSPS) is 17.7. The van der Waals surface area contributed by atoms with Crippen LogP contribution < -0.4 is 10.6 Å². The summed E-state index contributed by atoms with van der Waals surface area (Å²) in [5.74, 6) is 0.0330. The Morgan fingerprint density at radius 1 is 1.36 bits per heavy atom. The van der Waals surface area contributed by atoms with Gasteiger partial charge in [0, 0.05) is 13.1 Å². The molecule has 0 bridgehead atoms. The van der Waals surface area contributed by atoms with Crippen molar-refractivity contribution in [1.82, 2.24) is 15.5 Å². The van der Waals surface area contributed by atoms with Crippen LogP contribution in [-0.4, -0.2) is 49.4 Å². The molecule has 22 heavy (non-hydrogen) atoms. The highest BCUT2D eigenvalue weighted by Gasteiger charge is 2.33. The molecular weight excluding hydrogens is 306 g/mol. The van der Waals surface area contributed by atoms with Crippen LogP contribution in [0.25, 0.3) is 0 Å². The first kappa shape index (κ1) is 18.5. The molecule has 1 fully saturated rings. The molecule has 0 radical (unpaired) electrons. The van der Waals surface area contributed by atoms with Gasteiger partial charge in [-0.3, -0.25) is 9.59 Å². The second kappa shape index (κ2) is 9.48. The van der Waals surface area contributed by atoms with Crippen molar-refractivity contribution in [2.75, 3.05) is 26.7 Å². The van der Waals surface area contributed by atoms with Gasteiger partial charge in [-0.2, -0.15) is 0 Å². The zero-order valence-corrected chi connectivity index (χ0v) is 13.7. The van der Waals surface area contributed by atoms with E-state index in [0.29, 0.717) is 25.3 Å². The van der Waals surface area contributed by atoms with Crippen molar-refractivity contribution in [1.29, 1.82) is 0 Å². The molecule has 2 heterocycles. The Morgan fingerprint density at radius 3 is 2.86 bits per heavy atom. The lowest BCUT2D eigenvalue weighted by atomic mass is 10.0. The van der Waals surface area contributed by atoms with Gasteiger partial charge < -0.3 is 20.0 Å². The van der Waals surface area contributed by atoms with Crippen molar-refractivity contribution in [3.63, 3.8) is 0 Å². The van der Waals surface area contributed by atoms with E-state index in [2.05, 4.69) is 10.6 Å². The van der Waals surface area contributed by atoms with Crippen molar-refractivity contribution in [2.45, 2.75) is 31.7 Å². The van der Waals surface area contributed by atoms with Crippen LogP contribution >= 0.6 is 12.4 Å². The maximum atomic E-state index is 12.4. The number of hydrogen-bond donors (Lipinski definition) is 2. The Hall–Kier alpha value is -1.53. The predicted octanol–water partition coefficient (Wildman–Crippen LogP) is 1.42. The van der Waals surface area contributed by atoms with Crippen LogP contribution in [0, 0.1) is 0 Å². The summed E-state index contributed by atoms with van der Waals surface area (Å²) >= 11 is 0. The van der Waals surface area contributed by atoms with E-state index in [0.717, 1.165) is 25.8 Å². The molecule has 1 unspecified atom stereocenters. The number of piperidine rings is 1. The lowest BCUT2D eigenvalue weighted by Crippen LogP contribution is -2.52. The molecule has 1 atom stereocenters. The van der Waals surface area contributed by atoms with E-state index in [-0.39, 0.29) is 30.3 Å². The van der Waals surface area contributed by atoms with Gasteiger partial charge in [0.05, 0.1) is 6.26 Å². The molecule has 0 saturated carbocycles. The summed E-state index contributed by atoms with van der Waals surface area (Å²) in [4.78, 5) is 26.3. The van der Waals surface area contributed by atoms with Crippen LogP contribution in [0.4, 0.5) is 0 Å². The van der Waals surface area contributed by atoms with Crippen LogP contribution in [0.3, 0.4) is 0 Å². The topological polar surface area (TPSA) is 74.6 Å². The average Bonchev–Trinajstić information content (AvgIpc) is 3.05. The van der Waals surface area contributed by atoms with Gasteiger partial charge in [-0.25, -0.2) is 0 Å². The second-order valence-electron chi connectivity index (χ2n) is 5.24. The Kier molecular flexibility index (Phi) is 7.98. The molecule has 1 aliphatic rings. The number of nitrogens with one attached hydrogen (secondary N) is 2. The summed E-state index contributed by atoms with van der Waals surface area (Å²) < 4.78 is 5.16. The van der Waals surface area contributed by atoms with Gasteiger partial charge in [-0.1, -0.05) is 0 Å². The summed E-state index contributed by atoms with van der Waals surface area (Å²) in [7, 11) is 1.88. The van der Waals surface area contributed by atoms with E-state index in [1.165, 1.54) is 6.26 Å². The first-order valence-electron chi connectivity index (χ1n) is 7.51. The van der Waals surface area contributed by atoms with Gasteiger partial charge in [0.1, 0.15) is 6.04 Å². The van der Waals surface area contributed by atoms with Crippen LogP contribution in [0.1, 0.15) is 36.2 Å². The smallest absolute Gasteiger partial charge is 0.290 e. The van der Waals surface area contributed by atoms with Crippen LogP contribution in [-0.2, 0) is 4.79 Å². The molecule has 2 N–H and O–H groups in total. The second-order valence-corrected chi connectivity index (χ2v) is 5.24. The van der Waals surface area contributed by atoms with Crippen molar-refractivity contribution >= 4 is 24.2 Å². The van der Waals surface area contributed by atoms with E-state index in [9.17, 15) is 9.59 Å². The molecule has 2 amide bonds. The van der Waals surface area contributed by atoms with Crippen LogP contribution in [0.2, 0.25) is 0 Å². The van der Waals surface area contributed by atoms with Gasteiger partial charge in [0.2, 0.25) is 5.91 Å². The fourth-order valence-electron chi connectivity index (χ4n) is 2.58. The first-order chi connectivity index (χ1) is 10.2. The molecule has 6 nitrogen and oxygen atoms in total. The number of nitrogens with zero attached hydrogens (tertiary/aromatic N) is 1. The molecule has 0 aliphatic carbocycles. The third-order valence-corrected chi connectivity index (χ3v) is 3.70. The summed E-state index contributed by atoms with van der Waals surface area (Å²) in [5.41, 5.74) is 0. The monoisotopic (exact) mass is 329 g/mol. The lowest BCUT2D eigenvalue weighted by molar-refractivity contribution is -0.126. The van der Waals surface area contributed by atoms with Crippen molar-refractivity contribution in [2.24, 2.45) is 0 Å². The van der Waals surface area contributed by atoms with Gasteiger partial charge in [0.25, 0.3) is 5.91 Å². The minimum atomic E-state index is -0.383. The maximum Gasteiger partial charge on any atom is 0.290 e. The summed E-state index contributed by atoms with van der Waals surface area (Å²) in [6.07, 6.45) is 4.96. The third kappa shape index (κ3) is 4.74. The number of likely N-dealkylation sites (tertiary alicyclic amines) is 1. The van der Waals surface area contributed by atoms with Crippen molar-refractivity contribution < 1.29 is 14.0 Å². The number of carbonyl (C=O) groups is 2. The lowest BCUT2D eigenvalue weighted by Gasteiger charge is -2.34. The highest BCUT2D eigenvalue weighted by molar-refractivity contribution is 5.95. The molecule has 0 aromatic carbocycles. The van der Waals surface area contributed by atoms with E-state index in [1.807, 2.05) is 7.05 Å². The maximum absolute atomic E-state index is 12.4. The van der Waals surface area contributed by atoms with E-state index in [4.69, 9.17) is 4.42 Å². The fraction of sp³-hybridized carbons (Fsp3) is 0.600. The van der Waals surface area contributed by atoms with Crippen LogP contribution in [0.15, 0.2) is 22.8 Å². The van der Waals surface area contributed by atoms with E-state index >= 15 is 0 Å². The van der Waals surface area contributed by atoms with Gasteiger partial charge in [-0.05, 0) is 51.4 Å². The summed E-state index contributed by atoms with van der Waals surface area (Å²) in [6.45, 7) is 2.09. The molecule has 124 valence electrons. The highest BCUT2D eigenvalue weighted by atomic mass is 35.5. The molecule has 0 spiro atoms. The van der Waals surface area contributed by atoms with E-state index in [1.54, 1.807) is 17.0 Å². The molecule has 1 aromatic rings. The summed E-state index contributed by atoms with van der Waals surface area (Å²) in [5, 5.41) is 5.95.